The normalized spacial score (nSPS) is 20.9. The number of nitrogens with two attached hydrogens (primary N) is 1. The molecule has 18 heavy (non-hydrogen) atoms. The molecule has 1 heterocycles. The topological polar surface area (TPSA) is 38.5 Å². The second kappa shape index (κ2) is 6.21. The van der Waals surface area contributed by atoms with Crippen molar-refractivity contribution in [1.82, 2.24) is 4.90 Å². The lowest BCUT2D eigenvalue weighted by Crippen LogP contribution is -2.37. The Morgan fingerprint density at radius 3 is 3.00 bits per heavy atom. The average Bonchev–Trinajstić information content (AvgIpc) is 2.39. The Morgan fingerprint density at radius 2 is 2.28 bits per heavy atom. The van der Waals surface area contributed by atoms with E-state index in [9.17, 15) is 0 Å². The molecule has 100 valence electrons. The first-order valence-corrected chi connectivity index (χ1v) is 6.79. The van der Waals surface area contributed by atoms with Gasteiger partial charge in [-0.15, -0.1) is 0 Å². The molecule has 0 aromatic heterocycles. The molecule has 1 fully saturated rings. The van der Waals surface area contributed by atoms with E-state index in [-0.39, 0.29) is 0 Å². The van der Waals surface area contributed by atoms with E-state index >= 15 is 0 Å². The lowest BCUT2D eigenvalue weighted by molar-refractivity contribution is 0.169. The maximum atomic E-state index is 5.79. The minimum absolute atomic E-state index is 0.662. The zero-order chi connectivity index (χ0) is 13.0. The van der Waals surface area contributed by atoms with Crippen LogP contribution in [-0.4, -0.2) is 31.6 Å². The van der Waals surface area contributed by atoms with E-state index in [1.54, 1.807) is 7.11 Å². The lowest BCUT2D eigenvalue weighted by Gasteiger charge is -2.32. The van der Waals surface area contributed by atoms with Crippen molar-refractivity contribution in [2.45, 2.75) is 26.3 Å². The van der Waals surface area contributed by atoms with Gasteiger partial charge in [0.15, 0.2) is 0 Å². The highest BCUT2D eigenvalue weighted by Crippen LogP contribution is 2.24. The van der Waals surface area contributed by atoms with Gasteiger partial charge in [0.2, 0.25) is 0 Å². The summed E-state index contributed by atoms with van der Waals surface area (Å²) >= 11 is 0. The van der Waals surface area contributed by atoms with E-state index < -0.39 is 0 Å². The smallest absolute Gasteiger partial charge is 0.123 e. The molecule has 2 N–H and O–H groups in total. The summed E-state index contributed by atoms with van der Waals surface area (Å²) in [5.74, 6) is 1.66. The van der Waals surface area contributed by atoms with Crippen LogP contribution in [-0.2, 0) is 6.54 Å². The number of aryl methyl sites for hydroxylation is 1. The van der Waals surface area contributed by atoms with Crippen LogP contribution < -0.4 is 10.5 Å². The van der Waals surface area contributed by atoms with Crippen LogP contribution in [0.3, 0.4) is 0 Å². The summed E-state index contributed by atoms with van der Waals surface area (Å²) in [6.45, 7) is 6.20. The first kappa shape index (κ1) is 13.4. The Kier molecular flexibility index (Phi) is 4.61. The monoisotopic (exact) mass is 248 g/mol. The van der Waals surface area contributed by atoms with Crippen LogP contribution in [0.15, 0.2) is 18.2 Å². The molecule has 2 rings (SSSR count). The summed E-state index contributed by atoms with van der Waals surface area (Å²) in [6, 6.07) is 6.39. The molecular formula is C15H24N2O. The van der Waals surface area contributed by atoms with Crippen molar-refractivity contribution in [2.24, 2.45) is 11.7 Å². The lowest BCUT2D eigenvalue weighted by atomic mass is 9.97. The molecule has 0 saturated carbocycles. The van der Waals surface area contributed by atoms with Crippen LogP contribution in [0.5, 0.6) is 5.75 Å². The van der Waals surface area contributed by atoms with Gasteiger partial charge in [0.25, 0.3) is 0 Å². The van der Waals surface area contributed by atoms with Gasteiger partial charge in [-0.3, -0.25) is 4.90 Å². The maximum absolute atomic E-state index is 5.79. The molecule has 0 spiro atoms. The number of benzene rings is 1. The Balaban J connectivity index is 2.06. The van der Waals surface area contributed by atoms with Crippen LogP contribution >= 0.6 is 0 Å². The largest absolute Gasteiger partial charge is 0.496 e. The van der Waals surface area contributed by atoms with Gasteiger partial charge in [0.1, 0.15) is 5.75 Å². The molecule has 1 aliphatic rings. The number of methoxy groups -OCH3 is 1. The Bertz CT molecular complexity index is 392. The van der Waals surface area contributed by atoms with Crippen molar-refractivity contribution in [1.29, 1.82) is 0 Å². The van der Waals surface area contributed by atoms with Crippen LogP contribution in [0.2, 0.25) is 0 Å². The number of rotatable bonds is 4. The Hall–Kier alpha value is -1.06. The van der Waals surface area contributed by atoms with Crippen LogP contribution in [0.4, 0.5) is 0 Å². The molecular weight excluding hydrogens is 224 g/mol. The van der Waals surface area contributed by atoms with Gasteiger partial charge in [-0.05, 0) is 44.8 Å². The Labute approximate surface area is 110 Å². The molecule has 3 heteroatoms. The van der Waals surface area contributed by atoms with E-state index in [4.69, 9.17) is 10.5 Å². The van der Waals surface area contributed by atoms with Crippen LogP contribution in [0.25, 0.3) is 0 Å². The van der Waals surface area contributed by atoms with Crippen LogP contribution in [0.1, 0.15) is 24.0 Å². The van der Waals surface area contributed by atoms with Crippen molar-refractivity contribution < 1.29 is 4.74 Å². The SMILES string of the molecule is COc1ccc(C)cc1CN1CCCC(CN)C1. The molecule has 1 atom stereocenters. The summed E-state index contributed by atoms with van der Waals surface area (Å²) in [5, 5.41) is 0. The third-order valence-corrected chi connectivity index (χ3v) is 3.77. The van der Waals surface area contributed by atoms with Gasteiger partial charge in [-0.2, -0.15) is 0 Å². The number of ether oxygens (including phenoxy) is 1. The molecule has 1 aliphatic heterocycles. The van der Waals surface area contributed by atoms with Gasteiger partial charge >= 0.3 is 0 Å². The zero-order valence-electron chi connectivity index (χ0n) is 11.5. The molecule has 1 saturated heterocycles. The fourth-order valence-electron chi connectivity index (χ4n) is 2.76. The van der Waals surface area contributed by atoms with Gasteiger partial charge in [-0.1, -0.05) is 17.7 Å². The standard InChI is InChI=1S/C15H24N2O/c1-12-5-6-15(18-2)14(8-12)11-17-7-3-4-13(9-16)10-17/h5-6,8,13H,3-4,7,9-11,16H2,1-2H3. The van der Waals surface area contributed by atoms with Crippen molar-refractivity contribution >= 4 is 0 Å². The number of hydrogen-bond acceptors (Lipinski definition) is 3. The fourth-order valence-corrected chi connectivity index (χ4v) is 2.76. The highest BCUT2D eigenvalue weighted by Gasteiger charge is 2.19. The van der Waals surface area contributed by atoms with Crippen molar-refractivity contribution in [3.05, 3.63) is 29.3 Å². The second-order valence-corrected chi connectivity index (χ2v) is 5.29. The summed E-state index contributed by atoms with van der Waals surface area (Å²) in [4.78, 5) is 2.50. The highest BCUT2D eigenvalue weighted by molar-refractivity contribution is 5.36. The van der Waals surface area contributed by atoms with Gasteiger partial charge in [0.05, 0.1) is 7.11 Å². The third-order valence-electron chi connectivity index (χ3n) is 3.77. The first-order chi connectivity index (χ1) is 8.72. The summed E-state index contributed by atoms with van der Waals surface area (Å²) in [6.07, 6.45) is 2.54. The number of nitrogens with zero attached hydrogens (tertiary/aromatic N) is 1. The molecule has 0 aliphatic carbocycles. The summed E-state index contributed by atoms with van der Waals surface area (Å²) in [5.41, 5.74) is 8.36. The molecule has 1 aromatic rings. The highest BCUT2D eigenvalue weighted by atomic mass is 16.5. The predicted molar refractivity (Wildman–Crippen MR) is 74.8 cm³/mol. The minimum Gasteiger partial charge on any atom is -0.496 e. The van der Waals surface area contributed by atoms with Crippen molar-refractivity contribution in [3.8, 4) is 5.75 Å². The quantitative estimate of drug-likeness (QED) is 0.887. The Morgan fingerprint density at radius 1 is 1.44 bits per heavy atom. The molecule has 0 bridgehead atoms. The second-order valence-electron chi connectivity index (χ2n) is 5.29. The van der Waals surface area contributed by atoms with Crippen LogP contribution in [0, 0.1) is 12.8 Å². The summed E-state index contributed by atoms with van der Waals surface area (Å²) in [7, 11) is 1.74. The minimum atomic E-state index is 0.662. The number of hydrogen-bond donors (Lipinski definition) is 1. The predicted octanol–water partition coefficient (Wildman–Crippen LogP) is 2.17. The van der Waals surface area contributed by atoms with Gasteiger partial charge in [-0.25, -0.2) is 0 Å². The van der Waals surface area contributed by atoms with Gasteiger partial charge in [0, 0.05) is 18.7 Å². The molecule has 1 aromatic carbocycles. The fraction of sp³-hybridized carbons (Fsp3) is 0.600. The first-order valence-electron chi connectivity index (χ1n) is 6.79. The van der Waals surface area contributed by atoms with E-state index in [0.29, 0.717) is 5.92 Å². The third kappa shape index (κ3) is 3.24. The molecule has 0 amide bonds. The zero-order valence-corrected chi connectivity index (χ0v) is 11.5. The van der Waals surface area contributed by atoms with Crippen molar-refractivity contribution in [3.63, 3.8) is 0 Å². The molecule has 3 nitrogen and oxygen atoms in total. The van der Waals surface area contributed by atoms with E-state index in [2.05, 4.69) is 30.0 Å². The maximum Gasteiger partial charge on any atom is 0.123 e. The molecule has 0 radical (unpaired) electrons. The van der Waals surface area contributed by atoms with Crippen molar-refractivity contribution in [2.75, 3.05) is 26.7 Å². The van der Waals surface area contributed by atoms with E-state index in [0.717, 1.165) is 25.4 Å². The van der Waals surface area contributed by atoms with E-state index in [1.807, 2.05) is 0 Å². The summed E-state index contributed by atoms with van der Waals surface area (Å²) < 4.78 is 5.44. The number of likely N-dealkylation sites (tertiary alicyclic amines) is 1. The van der Waals surface area contributed by atoms with Gasteiger partial charge < -0.3 is 10.5 Å². The van der Waals surface area contributed by atoms with E-state index in [1.165, 1.54) is 30.5 Å². The molecule has 1 unspecified atom stereocenters. The number of piperidine rings is 1. The average molecular weight is 248 g/mol.